The molecule has 0 radical (unpaired) electrons. The highest BCUT2D eigenvalue weighted by molar-refractivity contribution is 5.79. The summed E-state index contributed by atoms with van der Waals surface area (Å²) in [7, 11) is 0. The first-order valence-corrected chi connectivity index (χ1v) is 10.1. The Kier molecular flexibility index (Phi) is 4.63. The second-order valence-electron chi connectivity index (χ2n) is 8.23. The number of hydrogen-bond donors (Lipinski definition) is 1. The van der Waals surface area contributed by atoms with Crippen LogP contribution in [0.3, 0.4) is 0 Å². The van der Waals surface area contributed by atoms with Gasteiger partial charge in [0, 0.05) is 35.0 Å². The summed E-state index contributed by atoms with van der Waals surface area (Å²) in [5.74, 6) is -0.0501. The van der Waals surface area contributed by atoms with Gasteiger partial charge in [-0.25, -0.2) is 4.39 Å². The lowest BCUT2D eigenvalue weighted by Gasteiger charge is -2.43. The van der Waals surface area contributed by atoms with Crippen molar-refractivity contribution in [2.75, 3.05) is 26.2 Å². The zero-order valence-corrected chi connectivity index (χ0v) is 16.1. The normalized spacial score (nSPS) is 25.6. The van der Waals surface area contributed by atoms with Crippen molar-refractivity contribution in [2.24, 2.45) is 0 Å². The maximum atomic E-state index is 13.4. The molecule has 6 nitrogen and oxygen atoms in total. The third-order valence-electron chi connectivity index (χ3n) is 6.45. The molecule has 0 spiro atoms. The molecule has 152 valence electrons. The number of rotatable bonds is 4. The van der Waals surface area contributed by atoms with E-state index in [0.29, 0.717) is 25.2 Å². The summed E-state index contributed by atoms with van der Waals surface area (Å²) in [4.78, 5) is 2.28. The van der Waals surface area contributed by atoms with E-state index in [1.165, 1.54) is 12.1 Å². The fourth-order valence-electron chi connectivity index (χ4n) is 4.73. The predicted molar refractivity (Wildman–Crippen MR) is 106 cm³/mol. The van der Waals surface area contributed by atoms with Crippen LogP contribution in [0.15, 0.2) is 47.0 Å². The minimum Gasteiger partial charge on any atom is -0.630 e. The number of nitrogens with zero attached hydrogens (tertiary/aromatic N) is 3. The van der Waals surface area contributed by atoms with Crippen molar-refractivity contribution in [1.29, 1.82) is 0 Å². The SMILES string of the molecule is [O-][N+]1(CCN2CCC(c3noc4cc(F)ccc34)CC2)Cc2ccccc2C1O. The molecule has 2 aromatic carbocycles. The molecule has 0 bridgehead atoms. The summed E-state index contributed by atoms with van der Waals surface area (Å²) in [5, 5.41) is 28.8. The van der Waals surface area contributed by atoms with Gasteiger partial charge in [0.2, 0.25) is 6.23 Å². The van der Waals surface area contributed by atoms with E-state index in [0.717, 1.165) is 48.1 Å². The quantitative estimate of drug-likeness (QED) is 0.537. The summed E-state index contributed by atoms with van der Waals surface area (Å²) in [5.41, 5.74) is 3.10. The third-order valence-corrected chi connectivity index (χ3v) is 6.45. The van der Waals surface area contributed by atoms with Crippen LogP contribution in [-0.4, -0.2) is 46.0 Å². The van der Waals surface area contributed by atoms with Crippen LogP contribution < -0.4 is 0 Å². The fourth-order valence-corrected chi connectivity index (χ4v) is 4.73. The first-order chi connectivity index (χ1) is 14.0. The minimum atomic E-state index is -0.995. The number of halogens is 1. The average molecular weight is 397 g/mol. The molecule has 2 aliphatic rings. The molecule has 2 unspecified atom stereocenters. The Morgan fingerprint density at radius 2 is 2.00 bits per heavy atom. The average Bonchev–Trinajstić information content (AvgIpc) is 3.26. The van der Waals surface area contributed by atoms with Crippen molar-refractivity contribution in [3.63, 3.8) is 0 Å². The number of aliphatic hydroxyl groups is 1. The van der Waals surface area contributed by atoms with Gasteiger partial charge in [-0.2, -0.15) is 0 Å². The van der Waals surface area contributed by atoms with E-state index in [-0.39, 0.29) is 11.7 Å². The lowest BCUT2D eigenvalue weighted by Crippen LogP contribution is -2.47. The van der Waals surface area contributed by atoms with Crippen molar-refractivity contribution in [3.05, 3.63) is 70.3 Å². The molecule has 2 atom stereocenters. The highest BCUT2D eigenvalue weighted by Crippen LogP contribution is 2.38. The van der Waals surface area contributed by atoms with Crippen LogP contribution in [-0.2, 0) is 6.54 Å². The Morgan fingerprint density at radius 1 is 1.21 bits per heavy atom. The van der Waals surface area contributed by atoms with Gasteiger partial charge in [-0.15, -0.1) is 0 Å². The molecule has 3 heterocycles. The summed E-state index contributed by atoms with van der Waals surface area (Å²) in [6.45, 7) is 3.08. The van der Waals surface area contributed by atoms with Crippen molar-refractivity contribution < 1.29 is 18.7 Å². The van der Waals surface area contributed by atoms with E-state index in [4.69, 9.17) is 4.52 Å². The molecular weight excluding hydrogens is 373 g/mol. The van der Waals surface area contributed by atoms with Crippen LogP contribution in [0.4, 0.5) is 4.39 Å². The van der Waals surface area contributed by atoms with E-state index >= 15 is 0 Å². The standard InChI is InChI=1S/C22H24FN3O3/c23-17-5-6-19-20(13-17)29-24-21(19)15-7-9-25(10-8-15)11-12-26(28)14-16-3-1-2-4-18(16)22(26)27/h1-6,13,15,22,27H,7-12,14H2. The van der Waals surface area contributed by atoms with Gasteiger partial charge in [0.15, 0.2) is 5.58 Å². The maximum absolute atomic E-state index is 13.4. The zero-order chi connectivity index (χ0) is 20.0. The van der Waals surface area contributed by atoms with Crippen molar-refractivity contribution in [2.45, 2.75) is 31.5 Å². The number of piperidine rings is 1. The van der Waals surface area contributed by atoms with Crippen molar-refractivity contribution >= 4 is 11.0 Å². The first kappa shape index (κ1) is 18.7. The number of aliphatic hydroxyl groups excluding tert-OH is 1. The first-order valence-electron chi connectivity index (χ1n) is 10.1. The molecule has 0 saturated carbocycles. The number of aromatic nitrogens is 1. The molecule has 1 aromatic heterocycles. The molecule has 5 rings (SSSR count). The van der Waals surface area contributed by atoms with Gasteiger partial charge in [-0.05, 0) is 44.1 Å². The lowest BCUT2D eigenvalue weighted by atomic mass is 9.91. The van der Waals surface area contributed by atoms with Crippen LogP contribution >= 0.6 is 0 Å². The van der Waals surface area contributed by atoms with E-state index in [1.807, 2.05) is 24.3 Å². The van der Waals surface area contributed by atoms with Gasteiger partial charge in [-0.1, -0.05) is 23.4 Å². The van der Waals surface area contributed by atoms with E-state index in [2.05, 4.69) is 10.1 Å². The summed E-state index contributed by atoms with van der Waals surface area (Å²) in [6.07, 6.45) is 0.840. The van der Waals surface area contributed by atoms with E-state index in [1.54, 1.807) is 6.07 Å². The Morgan fingerprint density at radius 3 is 2.79 bits per heavy atom. The van der Waals surface area contributed by atoms with Crippen LogP contribution in [0.5, 0.6) is 0 Å². The largest absolute Gasteiger partial charge is 0.630 e. The molecule has 0 amide bonds. The van der Waals surface area contributed by atoms with Crippen LogP contribution in [0.25, 0.3) is 11.0 Å². The molecule has 2 aliphatic heterocycles. The van der Waals surface area contributed by atoms with E-state index < -0.39 is 10.9 Å². The summed E-state index contributed by atoms with van der Waals surface area (Å²) >= 11 is 0. The summed E-state index contributed by atoms with van der Waals surface area (Å²) < 4.78 is 18.1. The third kappa shape index (κ3) is 3.34. The number of hydrogen-bond acceptors (Lipinski definition) is 5. The molecule has 7 heteroatoms. The van der Waals surface area contributed by atoms with Crippen molar-refractivity contribution in [1.82, 2.24) is 10.1 Å². The highest BCUT2D eigenvalue weighted by Gasteiger charge is 2.38. The number of fused-ring (bicyclic) bond motifs is 2. The molecule has 0 aliphatic carbocycles. The number of quaternary nitrogens is 1. The molecule has 1 N–H and O–H groups in total. The molecule has 1 fully saturated rings. The topological polar surface area (TPSA) is 72.6 Å². The lowest BCUT2D eigenvalue weighted by molar-refractivity contribution is -0.939. The Bertz CT molecular complexity index is 1030. The molecular formula is C22H24FN3O3. The number of hydroxylamine groups is 3. The van der Waals surface area contributed by atoms with Crippen LogP contribution in [0.2, 0.25) is 0 Å². The van der Waals surface area contributed by atoms with Gasteiger partial charge in [0.1, 0.15) is 12.4 Å². The monoisotopic (exact) mass is 397 g/mol. The Balaban J connectivity index is 1.20. The van der Waals surface area contributed by atoms with Gasteiger partial charge in [0.05, 0.1) is 12.2 Å². The maximum Gasteiger partial charge on any atom is 0.218 e. The number of benzene rings is 2. The predicted octanol–water partition coefficient (Wildman–Crippen LogP) is 3.67. The fraction of sp³-hybridized carbons (Fsp3) is 0.409. The van der Waals surface area contributed by atoms with Gasteiger partial charge in [0.25, 0.3) is 0 Å². The van der Waals surface area contributed by atoms with Crippen LogP contribution in [0.1, 0.15) is 41.8 Å². The molecule has 3 aromatic rings. The van der Waals surface area contributed by atoms with Gasteiger partial charge < -0.3 is 19.5 Å². The molecule has 1 saturated heterocycles. The van der Waals surface area contributed by atoms with Gasteiger partial charge in [-0.3, -0.25) is 4.90 Å². The summed E-state index contributed by atoms with van der Waals surface area (Å²) in [6, 6.07) is 12.1. The van der Waals surface area contributed by atoms with E-state index in [9.17, 15) is 14.7 Å². The Hall–Kier alpha value is -2.32. The van der Waals surface area contributed by atoms with Crippen molar-refractivity contribution in [3.8, 4) is 0 Å². The molecule has 29 heavy (non-hydrogen) atoms. The smallest absolute Gasteiger partial charge is 0.218 e. The van der Waals surface area contributed by atoms with Gasteiger partial charge >= 0.3 is 0 Å². The second-order valence-corrected chi connectivity index (χ2v) is 8.23. The minimum absolute atomic E-state index is 0.273. The highest BCUT2D eigenvalue weighted by atomic mass is 19.1. The van der Waals surface area contributed by atoms with Crippen LogP contribution in [0, 0.1) is 11.0 Å². The second kappa shape index (κ2) is 7.18. The zero-order valence-electron chi connectivity index (χ0n) is 16.1. The number of likely N-dealkylation sites (tertiary alicyclic amines) is 1. The Labute approximate surface area is 168 Å².